The van der Waals surface area contributed by atoms with E-state index in [1.807, 2.05) is 6.92 Å². The molecule has 0 bridgehead atoms. The molecule has 0 saturated carbocycles. The van der Waals surface area contributed by atoms with E-state index in [1.165, 1.54) is 0 Å². The zero-order chi connectivity index (χ0) is 8.20. The molecule has 10 heavy (non-hydrogen) atoms. The molecule has 0 amide bonds. The maximum atomic E-state index is 12.1. The Hall–Kier alpha value is -0.180. The molecule has 0 aliphatic carbocycles. The highest BCUT2D eigenvalue weighted by atomic mass is 19.3. The van der Waals surface area contributed by atoms with Crippen molar-refractivity contribution in [1.82, 2.24) is 0 Å². The van der Waals surface area contributed by atoms with Gasteiger partial charge in [-0.05, 0) is 26.7 Å². The SMILES string of the molecule is CC(N)CCCC(C)(F)F. The summed E-state index contributed by atoms with van der Waals surface area (Å²) in [6, 6.07) is 0.0438. The average Bonchev–Trinajstić information content (AvgIpc) is 1.59. The third-order valence-corrected chi connectivity index (χ3v) is 1.28. The molecule has 0 fully saturated rings. The Kier molecular flexibility index (Phi) is 3.79. The van der Waals surface area contributed by atoms with Crippen molar-refractivity contribution >= 4 is 0 Å². The van der Waals surface area contributed by atoms with Crippen molar-refractivity contribution in [1.29, 1.82) is 0 Å². The van der Waals surface area contributed by atoms with E-state index in [2.05, 4.69) is 0 Å². The Morgan fingerprint density at radius 2 is 2.00 bits per heavy atom. The second-order valence-electron chi connectivity index (χ2n) is 2.94. The zero-order valence-corrected chi connectivity index (χ0v) is 6.53. The summed E-state index contributed by atoms with van der Waals surface area (Å²) >= 11 is 0. The number of rotatable bonds is 4. The van der Waals surface area contributed by atoms with Crippen LogP contribution in [0.15, 0.2) is 0 Å². The molecule has 0 aromatic carbocycles. The van der Waals surface area contributed by atoms with Crippen LogP contribution in [-0.4, -0.2) is 12.0 Å². The van der Waals surface area contributed by atoms with Crippen LogP contribution in [0.25, 0.3) is 0 Å². The minimum Gasteiger partial charge on any atom is -0.328 e. The first-order valence-corrected chi connectivity index (χ1v) is 3.55. The lowest BCUT2D eigenvalue weighted by molar-refractivity contribution is 0.0102. The summed E-state index contributed by atoms with van der Waals surface area (Å²) in [5.74, 6) is -2.52. The molecule has 2 N–H and O–H groups in total. The second-order valence-corrected chi connectivity index (χ2v) is 2.94. The van der Waals surface area contributed by atoms with Crippen molar-refractivity contribution in [3.63, 3.8) is 0 Å². The number of alkyl halides is 2. The zero-order valence-electron chi connectivity index (χ0n) is 6.53. The smallest absolute Gasteiger partial charge is 0.245 e. The van der Waals surface area contributed by atoms with Crippen LogP contribution in [0.5, 0.6) is 0 Å². The predicted molar refractivity (Wildman–Crippen MR) is 38.1 cm³/mol. The van der Waals surface area contributed by atoms with Crippen LogP contribution in [-0.2, 0) is 0 Å². The fourth-order valence-electron chi connectivity index (χ4n) is 0.734. The molecule has 1 atom stereocenters. The fraction of sp³-hybridized carbons (Fsp3) is 1.00. The molecule has 1 unspecified atom stereocenters. The summed E-state index contributed by atoms with van der Waals surface area (Å²) in [4.78, 5) is 0. The van der Waals surface area contributed by atoms with Gasteiger partial charge in [0.15, 0.2) is 0 Å². The van der Waals surface area contributed by atoms with E-state index in [0.717, 1.165) is 6.92 Å². The highest BCUT2D eigenvalue weighted by Crippen LogP contribution is 2.19. The van der Waals surface area contributed by atoms with Gasteiger partial charge in [-0.15, -0.1) is 0 Å². The van der Waals surface area contributed by atoms with Gasteiger partial charge in [0.05, 0.1) is 0 Å². The normalized spacial score (nSPS) is 15.3. The molecule has 0 aliphatic heterocycles. The van der Waals surface area contributed by atoms with Gasteiger partial charge >= 0.3 is 0 Å². The number of halogens is 2. The minimum atomic E-state index is -2.52. The molecule has 0 aromatic rings. The summed E-state index contributed by atoms with van der Waals surface area (Å²) in [5.41, 5.74) is 5.38. The molecule has 0 rings (SSSR count). The van der Waals surface area contributed by atoms with E-state index in [4.69, 9.17) is 5.73 Å². The van der Waals surface area contributed by atoms with Crippen molar-refractivity contribution in [2.24, 2.45) is 5.73 Å². The highest BCUT2D eigenvalue weighted by molar-refractivity contribution is 4.60. The van der Waals surface area contributed by atoms with E-state index in [1.54, 1.807) is 0 Å². The average molecular weight is 151 g/mol. The van der Waals surface area contributed by atoms with Gasteiger partial charge in [-0.25, -0.2) is 8.78 Å². The van der Waals surface area contributed by atoms with Gasteiger partial charge in [0.1, 0.15) is 0 Å². The summed E-state index contributed by atoms with van der Waals surface area (Å²) in [7, 11) is 0. The molecule has 1 nitrogen and oxygen atoms in total. The maximum absolute atomic E-state index is 12.1. The third kappa shape index (κ3) is 7.82. The summed E-state index contributed by atoms with van der Waals surface area (Å²) < 4.78 is 24.3. The number of nitrogens with two attached hydrogens (primary N) is 1. The first-order chi connectivity index (χ1) is 4.42. The summed E-state index contributed by atoms with van der Waals surface area (Å²) in [6.07, 6.45) is 1.15. The molecule has 62 valence electrons. The lowest BCUT2D eigenvalue weighted by Gasteiger charge is -2.10. The molecule has 0 heterocycles. The van der Waals surface area contributed by atoms with Crippen molar-refractivity contribution in [2.45, 2.75) is 45.1 Å². The summed E-state index contributed by atoms with van der Waals surface area (Å²) in [6.45, 7) is 2.77. The lowest BCUT2D eigenvalue weighted by atomic mass is 10.1. The van der Waals surface area contributed by atoms with Crippen LogP contribution in [0.1, 0.15) is 33.1 Å². The van der Waals surface area contributed by atoms with Gasteiger partial charge in [0, 0.05) is 12.5 Å². The standard InChI is InChI=1S/C7H15F2N/c1-6(10)4-3-5-7(2,8)9/h6H,3-5,10H2,1-2H3. The molecular weight excluding hydrogens is 136 g/mol. The first kappa shape index (κ1) is 9.82. The largest absolute Gasteiger partial charge is 0.328 e. The molecule has 0 radical (unpaired) electrons. The van der Waals surface area contributed by atoms with Gasteiger partial charge in [-0.2, -0.15) is 0 Å². The molecule has 3 heteroatoms. The predicted octanol–water partition coefficient (Wildman–Crippen LogP) is 2.16. The van der Waals surface area contributed by atoms with Crippen molar-refractivity contribution in [3.8, 4) is 0 Å². The molecule has 0 spiro atoms. The number of hydrogen-bond acceptors (Lipinski definition) is 1. The van der Waals surface area contributed by atoms with Crippen molar-refractivity contribution in [2.75, 3.05) is 0 Å². The highest BCUT2D eigenvalue weighted by Gasteiger charge is 2.19. The van der Waals surface area contributed by atoms with Crippen molar-refractivity contribution in [3.05, 3.63) is 0 Å². The Morgan fingerprint density at radius 1 is 1.50 bits per heavy atom. The van der Waals surface area contributed by atoms with Gasteiger partial charge in [-0.1, -0.05) is 0 Å². The lowest BCUT2D eigenvalue weighted by Crippen LogP contribution is -2.16. The monoisotopic (exact) mass is 151 g/mol. The third-order valence-electron chi connectivity index (χ3n) is 1.28. The minimum absolute atomic E-state index is 0.0438. The Labute approximate surface area is 60.6 Å². The fourth-order valence-corrected chi connectivity index (χ4v) is 0.734. The molecule has 0 aliphatic rings. The van der Waals surface area contributed by atoms with Crippen LogP contribution in [0.4, 0.5) is 8.78 Å². The van der Waals surface area contributed by atoms with E-state index in [-0.39, 0.29) is 12.5 Å². The van der Waals surface area contributed by atoms with Crippen LogP contribution in [0, 0.1) is 0 Å². The maximum Gasteiger partial charge on any atom is 0.245 e. The molecular formula is C7H15F2N. The quantitative estimate of drug-likeness (QED) is 0.654. The molecule has 0 aromatic heterocycles. The van der Waals surface area contributed by atoms with Crippen LogP contribution < -0.4 is 5.73 Å². The van der Waals surface area contributed by atoms with Crippen LogP contribution in [0.2, 0.25) is 0 Å². The molecule has 0 saturated heterocycles. The van der Waals surface area contributed by atoms with Crippen LogP contribution in [0.3, 0.4) is 0 Å². The number of hydrogen-bond donors (Lipinski definition) is 1. The topological polar surface area (TPSA) is 26.0 Å². The van der Waals surface area contributed by atoms with Crippen molar-refractivity contribution < 1.29 is 8.78 Å². The Morgan fingerprint density at radius 3 is 2.30 bits per heavy atom. The summed E-state index contributed by atoms with van der Waals surface area (Å²) in [5, 5.41) is 0. The van der Waals surface area contributed by atoms with E-state index >= 15 is 0 Å². The van der Waals surface area contributed by atoms with Gasteiger partial charge in [-0.3, -0.25) is 0 Å². The van der Waals surface area contributed by atoms with Gasteiger partial charge in [0.2, 0.25) is 5.92 Å². The first-order valence-electron chi connectivity index (χ1n) is 3.55. The van der Waals surface area contributed by atoms with Crippen LogP contribution >= 0.6 is 0 Å². The Bertz CT molecular complexity index is 86.1. The Balaban J connectivity index is 3.21. The second kappa shape index (κ2) is 3.86. The van der Waals surface area contributed by atoms with Gasteiger partial charge in [0.25, 0.3) is 0 Å². The van der Waals surface area contributed by atoms with E-state index < -0.39 is 5.92 Å². The van der Waals surface area contributed by atoms with Gasteiger partial charge < -0.3 is 5.73 Å². The van der Waals surface area contributed by atoms with E-state index in [9.17, 15) is 8.78 Å². The van der Waals surface area contributed by atoms with E-state index in [0.29, 0.717) is 12.8 Å².